The van der Waals surface area contributed by atoms with Gasteiger partial charge in [0.05, 0.1) is 4.83 Å². The molecule has 0 fully saturated rings. The van der Waals surface area contributed by atoms with Crippen LogP contribution in [0.2, 0.25) is 0 Å². The van der Waals surface area contributed by atoms with E-state index in [1.165, 1.54) is 4.90 Å². The molecule has 0 aliphatic heterocycles. The normalized spacial score (nSPS) is 12.6. The van der Waals surface area contributed by atoms with Crippen molar-refractivity contribution in [2.45, 2.75) is 16.6 Å². The van der Waals surface area contributed by atoms with E-state index in [1.807, 2.05) is 31.4 Å². The number of hydrogen-bond donors (Lipinski definition) is 0. The second kappa shape index (κ2) is 5.51. The van der Waals surface area contributed by atoms with Crippen LogP contribution in [0.15, 0.2) is 23.1 Å². The lowest BCUT2D eigenvalue weighted by molar-refractivity contribution is 0.0995. The van der Waals surface area contributed by atoms with Crippen molar-refractivity contribution in [1.29, 1.82) is 0 Å². The first kappa shape index (κ1) is 12.5. The zero-order valence-electron chi connectivity index (χ0n) is 7.88. The molecule has 0 aliphatic rings. The van der Waals surface area contributed by atoms with E-state index in [2.05, 4.69) is 38.5 Å². The van der Waals surface area contributed by atoms with Gasteiger partial charge in [-0.05, 0) is 54.0 Å². The summed E-state index contributed by atoms with van der Waals surface area (Å²) in [5, 5.41) is 0. The van der Waals surface area contributed by atoms with Crippen LogP contribution in [0, 0.1) is 3.57 Å². The molecule has 0 aliphatic carbocycles. The number of Topliss-reactive ketones (excluding diaryl/α,β-unsaturated/α-hetero) is 1. The first-order chi connectivity index (χ1) is 6.56. The Kier molecular flexibility index (Phi) is 4.93. The second-order valence-electron chi connectivity index (χ2n) is 2.83. The minimum atomic E-state index is -0.115. The Balaban J connectivity index is 3.06. The first-order valence-electron chi connectivity index (χ1n) is 4.08. The molecule has 0 bridgehead atoms. The Morgan fingerprint density at radius 1 is 1.57 bits per heavy atom. The van der Waals surface area contributed by atoms with Gasteiger partial charge in [-0.25, -0.2) is 0 Å². The Morgan fingerprint density at radius 3 is 2.64 bits per heavy atom. The summed E-state index contributed by atoms with van der Waals surface area (Å²) in [6.07, 6.45) is 2.03. The number of rotatable bonds is 3. The maximum absolute atomic E-state index is 11.7. The molecule has 1 aromatic rings. The number of benzene rings is 1. The number of carbonyl (C=O) groups excluding carboxylic acids is 1. The van der Waals surface area contributed by atoms with Crippen LogP contribution in [-0.2, 0) is 0 Å². The number of ketones is 1. The van der Waals surface area contributed by atoms with Gasteiger partial charge in [0.1, 0.15) is 0 Å². The molecule has 0 aromatic heterocycles. The van der Waals surface area contributed by atoms with Gasteiger partial charge in [-0.2, -0.15) is 0 Å². The van der Waals surface area contributed by atoms with E-state index < -0.39 is 0 Å². The third-order valence-electron chi connectivity index (χ3n) is 1.80. The van der Waals surface area contributed by atoms with Gasteiger partial charge in [0.2, 0.25) is 0 Å². The molecule has 0 radical (unpaired) electrons. The smallest absolute Gasteiger partial charge is 0.177 e. The van der Waals surface area contributed by atoms with Crippen LogP contribution in [0.3, 0.4) is 0 Å². The third kappa shape index (κ3) is 2.97. The summed E-state index contributed by atoms with van der Waals surface area (Å²) in [5.74, 6) is 0.141. The standard InChI is InChI=1S/C10H10BrIOS/c1-6(11)10(13)8-4-3-7(14-2)5-9(8)12/h3-6H,1-2H3. The summed E-state index contributed by atoms with van der Waals surface area (Å²) in [6, 6.07) is 5.91. The van der Waals surface area contributed by atoms with Gasteiger partial charge in [0, 0.05) is 14.0 Å². The Bertz CT molecular complexity index is 352. The molecule has 0 spiro atoms. The summed E-state index contributed by atoms with van der Waals surface area (Å²) in [4.78, 5) is 12.8. The van der Waals surface area contributed by atoms with Crippen molar-refractivity contribution in [2.24, 2.45) is 0 Å². The summed E-state index contributed by atoms with van der Waals surface area (Å²) >= 11 is 7.18. The van der Waals surface area contributed by atoms with E-state index in [0.29, 0.717) is 0 Å². The highest BCUT2D eigenvalue weighted by Gasteiger charge is 2.14. The number of alkyl halides is 1. The van der Waals surface area contributed by atoms with Crippen LogP contribution in [0.25, 0.3) is 0 Å². The van der Waals surface area contributed by atoms with Crippen LogP contribution >= 0.6 is 50.3 Å². The van der Waals surface area contributed by atoms with Crippen molar-refractivity contribution in [1.82, 2.24) is 0 Å². The van der Waals surface area contributed by atoms with Crippen molar-refractivity contribution in [3.8, 4) is 0 Å². The molecule has 14 heavy (non-hydrogen) atoms. The molecular formula is C10H10BrIOS. The van der Waals surface area contributed by atoms with E-state index in [1.54, 1.807) is 11.8 Å². The second-order valence-corrected chi connectivity index (χ2v) is 6.24. The Morgan fingerprint density at radius 2 is 2.21 bits per heavy atom. The van der Waals surface area contributed by atoms with Gasteiger partial charge < -0.3 is 0 Å². The Hall–Kier alpha value is 0.450. The lowest BCUT2D eigenvalue weighted by Gasteiger charge is -2.06. The van der Waals surface area contributed by atoms with E-state index in [0.717, 1.165) is 9.13 Å². The summed E-state index contributed by atoms with van der Waals surface area (Å²) < 4.78 is 1.02. The highest BCUT2D eigenvalue weighted by Crippen LogP contribution is 2.22. The quantitative estimate of drug-likeness (QED) is 0.339. The zero-order chi connectivity index (χ0) is 10.7. The summed E-state index contributed by atoms with van der Waals surface area (Å²) in [7, 11) is 0. The summed E-state index contributed by atoms with van der Waals surface area (Å²) in [5.41, 5.74) is 0.799. The molecule has 4 heteroatoms. The largest absolute Gasteiger partial charge is 0.293 e. The average Bonchev–Trinajstić information content (AvgIpc) is 2.16. The van der Waals surface area contributed by atoms with Crippen molar-refractivity contribution >= 4 is 56.1 Å². The van der Waals surface area contributed by atoms with Crippen LogP contribution in [0.5, 0.6) is 0 Å². The van der Waals surface area contributed by atoms with Gasteiger partial charge in [-0.1, -0.05) is 15.9 Å². The fourth-order valence-corrected chi connectivity index (χ4v) is 2.72. The molecule has 0 amide bonds. The maximum atomic E-state index is 11.7. The van der Waals surface area contributed by atoms with Crippen LogP contribution in [0.1, 0.15) is 17.3 Å². The SMILES string of the molecule is CSc1ccc(C(=O)C(C)Br)c(I)c1. The molecule has 1 nitrogen and oxygen atoms in total. The topological polar surface area (TPSA) is 17.1 Å². The van der Waals surface area contributed by atoms with Gasteiger partial charge in [-0.15, -0.1) is 11.8 Å². The zero-order valence-corrected chi connectivity index (χ0v) is 12.4. The minimum absolute atomic E-state index is 0.115. The minimum Gasteiger partial charge on any atom is -0.293 e. The van der Waals surface area contributed by atoms with E-state index in [9.17, 15) is 4.79 Å². The van der Waals surface area contributed by atoms with Gasteiger partial charge in [0.15, 0.2) is 5.78 Å². The van der Waals surface area contributed by atoms with Gasteiger partial charge >= 0.3 is 0 Å². The average molecular weight is 385 g/mol. The molecule has 1 atom stereocenters. The molecule has 0 saturated carbocycles. The summed E-state index contributed by atoms with van der Waals surface area (Å²) in [6.45, 7) is 1.85. The highest BCUT2D eigenvalue weighted by molar-refractivity contribution is 14.1. The number of halogens is 2. The van der Waals surface area contributed by atoms with E-state index in [4.69, 9.17) is 0 Å². The van der Waals surface area contributed by atoms with Crippen LogP contribution in [-0.4, -0.2) is 16.9 Å². The first-order valence-corrected chi connectivity index (χ1v) is 7.30. The fourth-order valence-electron chi connectivity index (χ4n) is 1.04. The van der Waals surface area contributed by atoms with E-state index >= 15 is 0 Å². The predicted octanol–water partition coefficient (Wildman–Crippen LogP) is 3.98. The highest BCUT2D eigenvalue weighted by atomic mass is 127. The lowest BCUT2D eigenvalue weighted by atomic mass is 10.1. The number of thioether (sulfide) groups is 1. The molecule has 1 unspecified atom stereocenters. The van der Waals surface area contributed by atoms with Gasteiger partial charge in [0.25, 0.3) is 0 Å². The van der Waals surface area contributed by atoms with Crippen molar-refractivity contribution in [3.05, 3.63) is 27.3 Å². The lowest BCUT2D eigenvalue weighted by Crippen LogP contribution is -2.11. The number of carbonyl (C=O) groups is 1. The predicted molar refractivity (Wildman–Crippen MR) is 73.7 cm³/mol. The molecule has 1 aromatic carbocycles. The maximum Gasteiger partial charge on any atom is 0.177 e. The van der Waals surface area contributed by atoms with Crippen LogP contribution < -0.4 is 0 Å². The van der Waals surface area contributed by atoms with Crippen LogP contribution in [0.4, 0.5) is 0 Å². The fraction of sp³-hybridized carbons (Fsp3) is 0.300. The number of hydrogen-bond acceptors (Lipinski definition) is 2. The Labute approximate surface area is 110 Å². The van der Waals surface area contributed by atoms with E-state index in [-0.39, 0.29) is 10.6 Å². The molecular weight excluding hydrogens is 375 g/mol. The monoisotopic (exact) mass is 384 g/mol. The van der Waals surface area contributed by atoms with Crippen molar-refractivity contribution in [3.63, 3.8) is 0 Å². The van der Waals surface area contributed by atoms with Crippen molar-refractivity contribution < 1.29 is 4.79 Å². The molecule has 76 valence electrons. The molecule has 0 N–H and O–H groups in total. The van der Waals surface area contributed by atoms with Gasteiger partial charge in [-0.3, -0.25) is 4.79 Å². The van der Waals surface area contributed by atoms with Crippen molar-refractivity contribution in [2.75, 3.05) is 6.26 Å². The third-order valence-corrected chi connectivity index (χ3v) is 3.84. The molecule has 0 saturated heterocycles. The molecule has 0 heterocycles. The molecule has 1 rings (SSSR count).